The number of imidazole rings is 1. The van der Waals surface area contributed by atoms with E-state index in [4.69, 9.17) is 0 Å². The van der Waals surface area contributed by atoms with E-state index in [-0.39, 0.29) is 6.04 Å². The van der Waals surface area contributed by atoms with Crippen LogP contribution in [-0.2, 0) is 6.42 Å². The molecule has 1 unspecified atom stereocenters. The SMILES string of the molecule is CNC(Cc1cn2ccsc2n1)c1cn[nH]n1. The van der Waals surface area contributed by atoms with Crippen LogP contribution in [-0.4, -0.2) is 31.8 Å². The van der Waals surface area contributed by atoms with E-state index in [0.29, 0.717) is 0 Å². The lowest BCUT2D eigenvalue weighted by Crippen LogP contribution is -2.19. The average Bonchev–Trinajstić information content (AvgIpc) is 3.01. The van der Waals surface area contributed by atoms with Crippen LogP contribution in [0.2, 0.25) is 0 Å². The van der Waals surface area contributed by atoms with Crippen molar-refractivity contribution in [3.8, 4) is 0 Å². The maximum absolute atomic E-state index is 4.55. The van der Waals surface area contributed by atoms with Crippen LogP contribution in [0.3, 0.4) is 0 Å². The lowest BCUT2D eigenvalue weighted by molar-refractivity contribution is 0.568. The molecule has 3 aromatic rings. The maximum atomic E-state index is 4.55. The summed E-state index contributed by atoms with van der Waals surface area (Å²) in [5.74, 6) is 0. The molecule has 0 saturated heterocycles. The Morgan fingerprint density at radius 2 is 2.53 bits per heavy atom. The topological polar surface area (TPSA) is 70.9 Å². The van der Waals surface area contributed by atoms with Gasteiger partial charge in [-0.2, -0.15) is 15.4 Å². The Morgan fingerprint density at radius 3 is 3.24 bits per heavy atom. The van der Waals surface area contributed by atoms with Gasteiger partial charge >= 0.3 is 0 Å². The molecule has 0 saturated carbocycles. The van der Waals surface area contributed by atoms with Crippen LogP contribution < -0.4 is 5.32 Å². The first-order chi connectivity index (χ1) is 8.36. The molecule has 17 heavy (non-hydrogen) atoms. The molecule has 3 aromatic heterocycles. The number of hydrogen-bond acceptors (Lipinski definition) is 5. The molecule has 0 aliphatic heterocycles. The molecule has 6 nitrogen and oxygen atoms in total. The predicted octanol–water partition coefficient (Wildman–Crippen LogP) is 1.02. The highest BCUT2D eigenvalue weighted by molar-refractivity contribution is 7.15. The monoisotopic (exact) mass is 248 g/mol. The highest BCUT2D eigenvalue weighted by Crippen LogP contribution is 2.17. The molecule has 0 aliphatic rings. The highest BCUT2D eigenvalue weighted by atomic mass is 32.1. The molecular formula is C10H12N6S. The summed E-state index contributed by atoms with van der Waals surface area (Å²) in [5.41, 5.74) is 1.96. The molecule has 1 atom stereocenters. The van der Waals surface area contributed by atoms with Crippen molar-refractivity contribution in [3.05, 3.63) is 35.4 Å². The van der Waals surface area contributed by atoms with Crippen molar-refractivity contribution in [2.75, 3.05) is 7.05 Å². The summed E-state index contributed by atoms with van der Waals surface area (Å²) in [4.78, 5) is 5.58. The van der Waals surface area contributed by atoms with E-state index in [1.54, 1.807) is 17.5 Å². The van der Waals surface area contributed by atoms with E-state index < -0.39 is 0 Å². The minimum absolute atomic E-state index is 0.137. The van der Waals surface area contributed by atoms with Crippen molar-refractivity contribution < 1.29 is 0 Å². The number of likely N-dealkylation sites (N-methyl/N-ethyl adjacent to an activating group) is 1. The maximum Gasteiger partial charge on any atom is 0.193 e. The predicted molar refractivity (Wildman–Crippen MR) is 65.0 cm³/mol. The molecular weight excluding hydrogens is 236 g/mol. The third-order valence-electron chi connectivity index (χ3n) is 2.70. The third-order valence-corrected chi connectivity index (χ3v) is 3.47. The van der Waals surface area contributed by atoms with Crippen LogP contribution in [0.25, 0.3) is 4.96 Å². The molecule has 2 N–H and O–H groups in total. The molecule has 88 valence electrons. The van der Waals surface area contributed by atoms with Crippen LogP contribution in [0.5, 0.6) is 0 Å². The summed E-state index contributed by atoms with van der Waals surface area (Å²) in [6.07, 6.45) is 6.61. The third kappa shape index (κ3) is 1.94. The number of H-pyrrole nitrogens is 1. The van der Waals surface area contributed by atoms with E-state index in [1.165, 1.54) is 0 Å². The molecule has 7 heteroatoms. The fourth-order valence-corrected chi connectivity index (χ4v) is 2.54. The van der Waals surface area contributed by atoms with Gasteiger partial charge in [0, 0.05) is 24.2 Å². The van der Waals surface area contributed by atoms with Gasteiger partial charge in [-0.3, -0.25) is 4.40 Å². The Labute approximate surface area is 102 Å². The normalized spacial score (nSPS) is 13.2. The van der Waals surface area contributed by atoms with Gasteiger partial charge in [0.1, 0.15) is 0 Å². The summed E-state index contributed by atoms with van der Waals surface area (Å²) >= 11 is 1.64. The van der Waals surface area contributed by atoms with Gasteiger partial charge in [-0.15, -0.1) is 11.3 Å². The molecule has 0 radical (unpaired) electrons. The first-order valence-corrected chi connectivity index (χ1v) is 6.19. The van der Waals surface area contributed by atoms with Crippen LogP contribution in [0.1, 0.15) is 17.4 Å². The smallest absolute Gasteiger partial charge is 0.193 e. The Hall–Kier alpha value is -1.73. The zero-order valence-electron chi connectivity index (χ0n) is 9.29. The number of fused-ring (bicyclic) bond motifs is 1. The highest BCUT2D eigenvalue weighted by Gasteiger charge is 2.14. The van der Waals surface area contributed by atoms with Crippen molar-refractivity contribution in [2.24, 2.45) is 0 Å². The summed E-state index contributed by atoms with van der Waals surface area (Å²) in [7, 11) is 1.91. The quantitative estimate of drug-likeness (QED) is 0.723. The van der Waals surface area contributed by atoms with E-state index in [2.05, 4.69) is 31.9 Å². The number of thiazole rings is 1. The molecule has 0 amide bonds. The molecule has 0 fully saturated rings. The Balaban J connectivity index is 1.83. The fourth-order valence-electron chi connectivity index (χ4n) is 1.82. The first kappa shape index (κ1) is 10.4. The van der Waals surface area contributed by atoms with Crippen LogP contribution in [0, 0.1) is 0 Å². The minimum Gasteiger partial charge on any atom is -0.311 e. The van der Waals surface area contributed by atoms with Gasteiger partial charge in [-0.05, 0) is 7.05 Å². The van der Waals surface area contributed by atoms with Crippen molar-refractivity contribution >= 4 is 16.3 Å². The van der Waals surface area contributed by atoms with Crippen molar-refractivity contribution in [1.29, 1.82) is 0 Å². The van der Waals surface area contributed by atoms with Gasteiger partial charge in [-0.1, -0.05) is 0 Å². The fraction of sp³-hybridized carbons (Fsp3) is 0.300. The standard InChI is InChI=1S/C10H12N6S/c1-11-8(9-5-12-15-14-9)4-7-6-16-2-3-17-10(16)13-7/h2-3,5-6,8,11H,4H2,1H3,(H,12,14,15). The largest absolute Gasteiger partial charge is 0.311 e. The first-order valence-electron chi connectivity index (χ1n) is 5.31. The van der Waals surface area contributed by atoms with Crippen molar-refractivity contribution in [2.45, 2.75) is 12.5 Å². The Morgan fingerprint density at radius 1 is 1.59 bits per heavy atom. The van der Waals surface area contributed by atoms with Gasteiger partial charge in [0.25, 0.3) is 0 Å². The molecule has 3 rings (SSSR count). The zero-order valence-corrected chi connectivity index (χ0v) is 10.1. The van der Waals surface area contributed by atoms with Gasteiger partial charge in [0.2, 0.25) is 0 Å². The van der Waals surface area contributed by atoms with Crippen molar-refractivity contribution in [3.63, 3.8) is 0 Å². The van der Waals surface area contributed by atoms with E-state index >= 15 is 0 Å². The number of rotatable bonds is 4. The molecule has 0 aromatic carbocycles. The average molecular weight is 248 g/mol. The number of aromatic amines is 1. The second-order valence-electron chi connectivity index (χ2n) is 3.77. The van der Waals surface area contributed by atoms with Crippen LogP contribution in [0.15, 0.2) is 24.0 Å². The van der Waals surface area contributed by atoms with Gasteiger partial charge in [-0.25, -0.2) is 4.98 Å². The molecule has 0 bridgehead atoms. The van der Waals surface area contributed by atoms with Gasteiger partial charge in [0.15, 0.2) is 4.96 Å². The van der Waals surface area contributed by atoms with Crippen molar-refractivity contribution in [1.82, 2.24) is 30.1 Å². The van der Waals surface area contributed by atoms with Crippen LogP contribution in [0.4, 0.5) is 0 Å². The zero-order chi connectivity index (χ0) is 11.7. The molecule has 0 aliphatic carbocycles. The molecule has 3 heterocycles. The van der Waals surface area contributed by atoms with Crippen LogP contribution >= 0.6 is 11.3 Å². The Bertz CT molecular complexity index is 567. The summed E-state index contributed by atoms with van der Waals surface area (Å²) in [6, 6.07) is 0.137. The van der Waals surface area contributed by atoms with Gasteiger partial charge in [0.05, 0.1) is 23.6 Å². The second-order valence-corrected chi connectivity index (χ2v) is 4.64. The van der Waals surface area contributed by atoms with E-state index in [1.807, 2.05) is 23.0 Å². The molecule has 0 spiro atoms. The number of hydrogen-bond donors (Lipinski definition) is 2. The minimum atomic E-state index is 0.137. The van der Waals surface area contributed by atoms with E-state index in [9.17, 15) is 0 Å². The lowest BCUT2D eigenvalue weighted by Gasteiger charge is -2.10. The lowest BCUT2D eigenvalue weighted by atomic mass is 10.1. The number of aromatic nitrogens is 5. The Kier molecular flexibility index (Phi) is 2.62. The van der Waals surface area contributed by atoms with E-state index in [0.717, 1.165) is 22.8 Å². The summed E-state index contributed by atoms with van der Waals surface area (Å²) < 4.78 is 2.04. The summed E-state index contributed by atoms with van der Waals surface area (Å²) in [5, 5.41) is 15.8. The second kappa shape index (κ2) is 4.27. The number of nitrogens with zero attached hydrogens (tertiary/aromatic N) is 4. The van der Waals surface area contributed by atoms with Gasteiger partial charge < -0.3 is 5.32 Å². The summed E-state index contributed by atoms with van der Waals surface area (Å²) in [6.45, 7) is 0. The number of nitrogens with one attached hydrogen (secondary N) is 2.